The van der Waals surface area contributed by atoms with Crippen molar-refractivity contribution in [3.63, 3.8) is 0 Å². The van der Waals surface area contributed by atoms with E-state index < -0.39 is 10.0 Å². The number of carbonyl (C=O) groups excluding carboxylic acids is 1. The van der Waals surface area contributed by atoms with Gasteiger partial charge in [-0.1, -0.05) is 6.07 Å². The standard InChI is InChI=1S/C16H15BrN2O3S2/c17-15-8-6-13(23-15)7-9-16(20)18-12-2-1-3-14(10-12)24(21,22)19-11-4-5-11/h1-3,6-11,19H,4-5H2,(H,18,20)/b9-7+. The highest BCUT2D eigenvalue weighted by Gasteiger charge is 2.28. The number of sulfonamides is 1. The Bertz CT molecular complexity index is 886. The van der Waals surface area contributed by atoms with Crippen LogP contribution in [0.3, 0.4) is 0 Å². The van der Waals surface area contributed by atoms with E-state index in [1.165, 1.54) is 29.5 Å². The fraction of sp³-hybridized carbons (Fsp3) is 0.188. The van der Waals surface area contributed by atoms with Gasteiger partial charge in [0.25, 0.3) is 0 Å². The molecule has 0 aliphatic heterocycles. The molecule has 24 heavy (non-hydrogen) atoms. The van der Waals surface area contributed by atoms with E-state index in [1.807, 2.05) is 12.1 Å². The fourth-order valence-corrected chi connectivity index (χ4v) is 4.67. The summed E-state index contributed by atoms with van der Waals surface area (Å²) in [5, 5.41) is 2.68. The quantitative estimate of drug-likeness (QED) is 0.692. The number of rotatable bonds is 6. The van der Waals surface area contributed by atoms with E-state index in [0.29, 0.717) is 5.69 Å². The second kappa shape index (κ2) is 7.18. The minimum Gasteiger partial charge on any atom is -0.322 e. The van der Waals surface area contributed by atoms with E-state index in [1.54, 1.807) is 18.2 Å². The Morgan fingerprint density at radius 3 is 2.71 bits per heavy atom. The Labute approximate surface area is 153 Å². The van der Waals surface area contributed by atoms with Crippen LogP contribution < -0.4 is 10.0 Å². The van der Waals surface area contributed by atoms with Crippen molar-refractivity contribution in [3.8, 4) is 0 Å². The zero-order valence-electron chi connectivity index (χ0n) is 12.5. The maximum Gasteiger partial charge on any atom is 0.248 e. The van der Waals surface area contributed by atoms with Gasteiger partial charge in [0, 0.05) is 22.7 Å². The molecule has 0 radical (unpaired) electrons. The molecule has 3 rings (SSSR count). The first-order valence-electron chi connectivity index (χ1n) is 7.29. The summed E-state index contributed by atoms with van der Waals surface area (Å²) in [6.45, 7) is 0. The van der Waals surface area contributed by atoms with Crippen LogP contribution in [0.15, 0.2) is 51.2 Å². The summed E-state index contributed by atoms with van der Waals surface area (Å²) < 4.78 is 28.0. The Hall–Kier alpha value is -1.48. The van der Waals surface area contributed by atoms with Crippen molar-refractivity contribution < 1.29 is 13.2 Å². The highest BCUT2D eigenvalue weighted by atomic mass is 79.9. The first-order chi connectivity index (χ1) is 11.4. The lowest BCUT2D eigenvalue weighted by Gasteiger charge is -2.08. The molecule has 1 aliphatic carbocycles. The van der Waals surface area contributed by atoms with Gasteiger partial charge in [-0.15, -0.1) is 11.3 Å². The van der Waals surface area contributed by atoms with Crippen LogP contribution in [-0.4, -0.2) is 20.4 Å². The Morgan fingerprint density at radius 2 is 2.04 bits per heavy atom. The molecular weight excluding hydrogens is 412 g/mol. The third-order valence-corrected chi connectivity index (χ3v) is 6.41. The summed E-state index contributed by atoms with van der Waals surface area (Å²) in [4.78, 5) is 13.1. The summed E-state index contributed by atoms with van der Waals surface area (Å²) >= 11 is 4.88. The van der Waals surface area contributed by atoms with Crippen molar-refractivity contribution in [1.29, 1.82) is 0 Å². The molecule has 126 valence electrons. The molecule has 0 atom stereocenters. The van der Waals surface area contributed by atoms with Gasteiger partial charge >= 0.3 is 0 Å². The summed E-state index contributed by atoms with van der Waals surface area (Å²) in [7, 11) is -3.53. The van der Waals surface area contributed by atoms with Crippen molar-refractivity contribution in [1.82, 2.24) is 4.72 Å². The van der Waals surface area contributed by atoms with Gasteiger partial charge in [0.2, 0.25) is 15.9 Å². The lowest BCUT2D eigenvalue weighted by atomic mass is 10.3. The first-order valence-corrected chi connectivity index (χ1v) is 10.4. The maximum atomic E-state index is 12.2. The SMILES string of the molecule is O=C(/C=C/c1ccc(Br)s1)Nc1cccc(S(=O)(=O)NC2CC2)c1. The van der Waals surface area contributed by atoms with Crippen molar-refractivity contribution >= 4 is 55.0 Å². The molecule has 0 saturated heterocycles. The third kappa shape index (κ3) is 4.76. The molecule has 2 N–H and O–H groups in total. The molecule has 2 aromatic rings. The van der Waals surface area contributed by atoms with Crippen LogP contribution in [0.5, 0.6) is 0 Å². The zero-order valence-corrected chi connectivity index (χ0v) is 15.7. The van der Waals surface area contributed by atoms with Gasteiger partial charge in [-0.05, 0) is 65.2 Å². The van der Waals surface area contributed by atoms with Crippen molar-refractivity contribution in [2.24, 2.45) is 0 Å². The van der Waals surface area contributed by atoms with Crippen LogP contribution in [0.2, 0.25) is 0 Å². The third-order valence-electron chi connectivity index (χ3n) is 3.30. The molecule has 1 aromatic heterocycles. The molecule has 0 bridgehead atoms. The fourth-order valence-electron chi connectivity index (χ4n) is 1.99. The minimum absolute atomic E-state index is 0.0429. The molecule has 1 heterocycles. The van der Waals surface area contributed by atoms with Gasteiger partial charge < -0.3 is 5.32 Å². The van der Waals surface area contributed by atoms with Gasteiger partial charge in [0.05, 0.1) is 8.68 Å². The van der Waals surface area contributed by atoms with Gasteiger partial charge in [0.15, 0.2) is 0 Å². The average molecular weight is 427 g/mol. The number of hydrogen-bond acceptors (Lipinski definition) is 4. The summed E-state index contributed by atoms with van der Waals surface area (Å²) in [5.74, 6) is -0.316. The number of benzene rings is 1. The normalized spacial score (nSPS) is 14.9. The largest absolute Gasteiger partial charge is 0.322 e. The Morgan fingerprint density at radius 1 is 1.25 bits per heavy atom. The molecule has 0 unspecified atom stereocenters. The lowest BCUT2D eigenvalue weighted by molar-refractivity contribution is -0.111. The molecule has 0 spiro atoms. The van der Waals surface area contributed by atoms with Gasteiger partial charge in [-0.2, -0.15) is 0 Å². The number of anilines is 1. The van der Waals surface area contributed by atoms with Gasteiger partial charge in [-0.3, -0.25) is 4.79 Å². The molecule has 1 fully saturated rings. The summed E-state index contributed by atoms with van der Waals surface area (Å²) in [6.07, 6.45) is 4.88. The smallest absolute Gasteiger partial charge is 0.248 e. The molecular formula is C16H15BrN2O3S2. The molecule has 1 aromatic carbocycles. The second-order valence-electron chi connectivity index (χ2n) is 5.39. The highest BCUT2D eigenvalue weighted by molar-refractivity contribution is 9.11. The first kappa shape index (κ1) is 17.3. The number of halogens is 1. The van der Waals surface area contributed by atoms with Crippen LogP contribution in [0.1, 0.15) is 17.7 Å². The van der Waals surface area contributed by atoms with Crippen LogP contribution in [0, 0.1) is 0 Å². The Kier molecular flexibility index (Phi) is 5.19. The van der Waals surface area contributed by atoms with Crippen LogP contribution in [-0.2, 0) is 14.8 Å². The lowest BCUT2D eigenvalue weighted by Crippen LogP contribution is -2.25. The van der Waals surface area contributed by atoms with Gasteiger partial charge in [-0.25, -0.2) is 13.1 Å². The number of hydrogen-bond donors (Lipinski definition) is 2. The Balaban J connectivity index is 1.67. The van der Waals surface area contributed by atoms with Crippen LogP contribution in [0.4, 0.5) is 5.69 Å². The minimum atomic E-state index is -3.53. The summed E-state index contributed by atoms with van der Waals surface area (Å²) in [6, 6.07) is 10.1. The number of carbonyl (C=O) groups is 1. The molecule has 1 saturated carbocycles. The molecule has 8 heteroatoms. The second-order valence-corrected chi connectivity index (χ2v) is 9.60. The topological polar surface area (TPSA) is 75.3 Å². The van der Waals surface area contributed by atoms with E-state index in [2.05, 4.69) is 26.0 Å². The molecule has 5 nitrogen and oxygen atoms in total. The van der Waals surface area contributed by atoms with Crippen LogP contribution in [0.25, 0.3) is 6.08 Å². The van der Waals surface area contributed by atoms with Crippen LogP contribution >= 0.6 is 27.3 Å². The van der Waals surface area contributed by atoms with E-state index in [9.17, 15) is 13.2 Å². The van der Waals surface area contributed by atoms with Gasteiger partial charge in [0.1, 0.15) is 0 Å². The molecule has 1 aliphatic rings. The highest BCUT2D eigenvalue weighted by Crippen LogP contribution is 2.24. The van der Waals surface area contributed by atoms with Crippen molar-refractivity contribution in [2.45, 2.75) is 23.8 Å². The van der Waals surface area contributed by atoms with E-state index in [0.717, 1.165) is 21.5 Å². The number of amides is 1. The monoisotopic (exact) mass is 426 g/mol. The summed E-state index contributed by atoms with van der Waals surface area (Å²) in [5.41, 5.74) is 0.440. The predicted molar refractivity (Wildman–Crippen MR) is 99.5 cm³/mol. The average Bonchev–Trinajstić information content (AvgIpc) is 3.23. The van der Waals surface area contributed by atoms with E-state index in [4.69, 9.17) is 0 Å². The number of nitrogens with one attached hydrogen (secondary N) is 2. The maximum absolute atomic E-state index is 12.2. The zero-order chi connectivity index (χ0) is 17.2. The number of thiophene rings is 1. The van der Waals surface area contributed by atoms with E-state index in [-0.39, 0.29) is 16.8 Å². The van der Waals surface area contributed by atoms with Crippen molar-refractivity contribution in [2.75, 3.05) is 5.32 Å². The van der Waals surface area contributed by atoms with E-state index >= 15 is 0 Å². The predicted octanol–water partition coefficient (Wildman–Crippen LogP) is 3.60. The molecule has 1 amide bonds. The van der Waals surface area contributed by atoms with Crippen molar-refractivity contribution in [3.05, 3.63) is 51.1 Å².